The Morgan fingerprint density at radius 1 is 0.926 bits per heavy atom. The first-order valence-electron chi connectivity index (χ1n) is 17.8. The largest absolute Gasteiger partial charge is 0.445 e. The molecular weight excluding hydrogens is 704 g/mol. The Labute approximate surface area is 308 Å². The molecule has 0 spiro atoms. The van der Waals surface area contributed by atoms with Crippen molar-refractivity contribution in [3.63, 3.8) is 0 Å². The molecule has 3 aliphatic rings. The first-order chi connectivity index (χ1) is 26.0. The summed E-state index contributed by atoms with van der Waals surface area (Å²) in [4.78, 5) is 34.5. The number of hydrogen-bond acceptors (Lipinski definition) is 7. The van der Waals surface area contributed by atoms with Gasteiger partial charge in [0.15, 0.2) is 5.82 Å². The van der Waals surface area contributed by atoms with Crippen molar-refractivity contribution in [1.29, 1.82) is 0 Å². The van der Waals surface area contributed by atoms with Crippen LogP contribution in [-0.2, 0) is 42.5 Å². The topological polar surface area (TPSA) is 103 Å². The highest BCUT2D eigenvalue weighted by atomic mass is 19.4. The molecule has 1 atom stereocenters. The molecular formula is C40H36F4N6O4. The third kappa shape index (κ3) is 7.17. The minimum atomic E-state index is -4.74. The first kappa shape index (κ1) is 35.4. The number of ether oxygens (including phenoxy) is 2. The van der Waals surface area contributed by atoms with Crippen LogP contribution >= 0.6 is 0 Å². The second-order valence-corrected chi connectivity index (χ2v) is 14.0. The van der Waals surface area contributed by atoms with Crippen LogP contribution in [0.15, 0.2) is 79.1 Å². The van der Waals surface area contributed by atoms with Crippen molar-refractivity contribution in [1.82, 2.24) is 24.6 Å². The number of hydrogen-bond donors (Lipinski definition) is 0. The highest BCUT2D eigenvalue weighted by Crippen LogP contribution is 2.44. The molecule has 14 heteroatoms. The second kappa shape index (κ2) is 14.3. The fourth-order valence-electron chi connectivity index (χ4n) is 7.25. The van der Waals surface area contributed by atoms with Gasteiger partial charge < -0.3 is 18.9 Å². The lowest BCUT2D eigenvalue weighted by Crippen LogP contribution is -2.38. The molecule has 10 nitrogen and oxygen atoms in total. The van der Waals surface area contributed by atoms with E-state index >= 15 is 0 Å². The van der Waals surface area contributed by atoms with Crippen LogP contribution in [0.2, 0.25) is 0 Å². The predicted octanol–water partition coefficient (Wildman–Crippen LogP) is 8.06. The summed E-state index contributed by atoms with van der Waals surface area (Å²) in [5.74, 6) is -0.318. The number of fused-ring (bicyclic) bond motifs is 1. The monoisotopic (exact) mass is 740 g/mol. The normalized spacial score (nSPS) is 17.0. The molecule has 8 rings (SSSR count). The van der Waals surface area contributed by atoms with Gasteiger partial charge in [0, 0.05) is 36.3 Å². The lowest BCUT2D eigenvalue weighted by Gasteiger charge is -2.24. The van der Waals surface area contributed by atoms with E-state index in [0.29, 0.717) is 41.2 Å². The van der Waals surface area contributed by atoms with E-state index in [1.807, 2.05) is 36.4 Å². The number of carbonyl (C=O) groups excluding carboxylic acids is 2. The summed E-state index contributed by atoms with van der Waals surface area (Å²) in [5, 5.41) is 8.10. The molecule has 1 saturated carbocycles. The van der Waals surface area contributed by atoms with E-state index in [1.165, 1.54) is 29.4 Å². The Bertz CT molecular complexity index is 2220. The summed E-state index contributed by atoms with van der Waals surface area (Å²) in [6.07, 6.45) is -0.524. The molecule has 278 valence electrons. The molecule has 2 aromatic heterocycles. The molecule has 2 amide bonds. The van der Waals surface area contributed by atoms with Crippen LogP contribution in [0.1, 0.15) is 69.9 Å². The standard InChI is InChI=1S/C40H36F4N6O4/c1-48-23-45-47-37(48)31-18-28(41)11-12-30(31)27-16-35(26-9-10-26)46-36(17-27)50-19-33-32(38(50)51)14-25(15-34(33)40(42,43)44)20-53-22-29-8-5-13-49(29)39(52)54-21-24-6-3-2-4-7-24/h2-4,6-7,11-12,14-18,23,26,29H,5,8-10,13,19-22H2,1H3/t29-/m0/s1. The minimum Gasteiger partial charge on any atom is -0.445 e. The zero-order chi connectivity index (χ0) is 37.6. The number of carbonyl (C=O) groups is 2. The van der Waals surface area contributed by atoms with E-state index in [-0.39, 0.29) is 60.8 Å². The third-order valence-electron chi connectivity index (χ3n) is 10.2. The second-order valence-electron chi connectivity index (χ2n) is 14.0. The fraction of sp³-hybridized carbons (Fsp3) is 0.325. The summed E-state index contributed by atoms with van der Waals surface area (Å²) in [5.41, 5.74) is 2.33. The van der Waals surface area contributed by atoms with E-state index in [9.17, 15) is 27.2 Å². The van der Waals surface area contributed by atoms with Gasteiger partial charge in [-0.2, -0.15) is 13.2 Å². The van der Waals surface area contributed by atoms with Crippen LogP contribution in [0.4, 0.5) is 28.2 Å². The molecule has 0 unspecified atom stereocenters. The number of rotatable bonds is 10. The van der Waals surface area contributed by atoms with Gasteiger partial charge in [0.25, 0.3) is 5.91 Å². The van der Waals surface area contributed by atoms with E-state index in [1.54, 1.807) is 28.6 Å². The molecule has 1 aliphatic carbocycles. The zero-order valence-electron chi connectivity index (χ0n) is 29.4. The van der Waals surface area contributed by atoms with Gasteiger partial charge in [0.1, 0.15) is 24.6 Å². The van der Waals surface area contributed by atoms with Crippen molar-refractivity contribution in [3.8, 4) is 22.5 Å². The van der Waals surface area contributed by atoms with Gasteiger partial charge in [-0.3, -0.25) is 9.69 Å². The average Bonchev–Trinajstić information content (AvgIpc) is 3.61. The number of benzene rings is 3. The number of nitrogens with zero attached hydrogens (tertiary/aromatic N) is 6. The van der Waals surface area contributed by atoms with Crippen LogP contribution in [0, 0.1) is 5.82 Å². The van der Waals surface area contributed by atoms with Gasteiger partial charge in [-0.05, 0) is 89.9 Å². The number of pyridine rings is 1. The Morgan fingerprint density at radius 3 is 2.48 bits per heavy atom. The molecule has 3 aromatic carbocycles. The van der Waals surface area contributed by atoms with Gasteiger partial charge in [-0.1, -0.05) is 36.4 Å². The third-order valence-corrected chi connectivity index (χ3v) is 10.2. The lowest BCUT2D eigenvalue weighted by molar-refractivity contribution is -0.138. The van der Waals surface area contributed by atoms with E-state index in [0.717, 1.165) is 30.9 Å². The van der Waals surface area contributed by atoms with Gasteiger partial charge in [0.05, 0.1) is 31.4 Å². The molecule has 0 bridgehead atoms. The number of alkyl halides is 3. The summed E-state index contributed by atoms with van der Waals surface area (Å²) in [6.45, 7) is 0.194. The number of aromatic nitrogens is 4. The fourth-order valence-corrected chi connectivity index (χ4v) is 7.25. The molecule has 4 heterocycles. The van der Waals surface area contributed by atoms with Crippen molar-refractivity contribution in [2.45, 2.75) is 63.6 Å². The van der Waals surface area contributed by atoms with Crippen molar-refractivity contribution < 1.29 is 36.6 Å². The molecule has 0 radical (unpaired) electrons. The maximum atomic E-state index is 14.6. The predicted molar refractivity (Wildman–Crippen MR) is 190 cm³/mol. The maximum absolute atomic E-state index is 14.6. The molecule has 2 aliphatic heterocycles. The summed E-state index contributed by atoms with van der Waals surface area (Å²) in [6, 6.07) is 19.3. The Morgan fingerprint density at radius 2 is 1.74 bits per heavy atom. The number of likely N-dealkylation sites (tertiary alicyclic amines) is 1. The maximum Gasteiger partial charge on any atom is 0.416 e. The highest BCUT2D eigenvalue weighted by molar-refractivity contribution is 6.10. The number of halogens is 4. The lowest BCUT2D eigenvalue weighted by atomic mass is 9.98. The summed E-state index contributed by atoms with van der Waals surface area (Å²) >= 11 is 0. The molecule has 54 heavy (non-hydrogen) atoms. The van der Waals surface area contributed by atoms with Gasteiger partial charge in [-0.25, -0.2) is 14.2 Å². The van der Waals surface area contributed by atoms with Gasteiger partial charge in [0.2, 0.25) is 0 Å². The van der Waals surface area contributed by atoms with Crippen molar-refractivity contribution in [2.75, 3.05) is 18.1 Å². The van der Waals surface area contributed by atoms with E-state index < -0.39 is 29.6 Å². The minimum absolute atomic E-state index is 0.0721. The van der Waals surface area contributed by atoms with Crippen LogP contribution in [0.25, 0.3) is 22.5 Å². The zero-order valence-corrected chi connectivity index (χ0v) is 29.4. The summed E-state index contributed by atoms with van der Waals surface area (Å²) in [7, 11) is 1.74. The van der Waals surface area contributed by atoms with Crippen LogP contribution in [-0.4, -0.2) is 55.8 Å². The van der Waals surface area contributed by atoms with Crippen molar-refractivity contribution in [3.05, 3.63) is 118 Å². The van der Waals surface area contributed by atoms with E-state index in [4.69, 9.17) is 14.5 Å². The van der Waals surface area contributed by atoms with Gasteiger partial charge in [-0.15, -0.1) is 10.2 Å². The van der Waals surface area contributed by atoms with Crippen molar-refractivity contribution >= 4 is 17.8 Å². The molecule has 1 saturated heterocycles. The average molecular weight is 741 g/mol. The molecule has 2 fully saturated rings. The smallest absolute Gasteiger partial charge is 0.416 e. The molecule has 0 N–H and O–H groups in total. The summed E-state index contributed by atoms with van der Waals surface area (Å²) < 4.78 is 71.4. The van der Waals surface area contributed by atoms with Crippen LogP contribution < -0.4 is 4.90 Å². The Kier molecular flexibility index (Phi) is 9.38. The Balaban J connectivity index is 1.03. The first-order valence-corrected chi connectivity index (χ1v) is 17.8. The SMILES string of the molecule is Cn1cnnc1-c1cc(F)ccc1-c1cc(C2CC2)nc(N2Cc3c(cc(COC[C@@H]4CCCN4C(=O)OCc4ccccc4)cc3C(F)(F)F)C2=O)c1. The quantitative estimate of drug-likeness (QED) is 0.134. The molecule has 5 aromatic rings. The van der Waals surface area contributed by atoms with Crippen molar-refractivity contribution in [2.24, 2.45) is 7.05 Å². The van der Waals surface area contributed by atoms with Crippen LogP contribution in [0.3, 0.4) is 0 Å². The Hall–Kier alpha value is -5.63. The number of anilines is 1. The van der Waals surface area contributed by atoms with Crippen LogP contribution in [0.5, 0.6) is 0 Å². The van der Waals surface area contributed by atoms with Gasteiger partial charge >= 0.3 is 12.3 Å². The number of aryl methyl sites for hydroxylation is 1. The highest BCUT2D eigenvalue weighted by Gasteiger charge is 2.41. The van der Waals surface area contributed by atoms with E-state index in [2.05, 4.69) is 10.2 Å². The number of amides is 2.